The third-order valence-electron chi connectivity index (χ3n) is 3.78. The van der Waals surface area contributed by atoms with E-state index in [1.807, 2.05) is 0 Å². The molecule has 4 nitrogen and oxygen atoms in total. The SMILES string of the molecule is CCC1CN(C(=O)c2ccc(N)c(F)c2)CCN1C. The van der Waals surface area contributed by atoms with E-state index in [0.29, 0.717) is 24.7 Å². The molecule has 1 heterocycles. The Kier molecular flexibility index (Phi) is 4.04. The highest BCUT2D eigenvalue weighted by Crippen LogP contribution is 2.17. The molecule has 104 valence electrons. The van der Waals surface area contributed by atoms with E-state index in [9.17, 15) is 9.18 Å². The fourth-order valence-electron chi connectivity index (χ4n) is 2.41. The van der Waals surface area contributed by atoms with Gasteiger partial charge in [0.2, 0.25) is 0 Å². The van der Waals surface area contributed by atoms with Crippen LogP contribution in [0.3, 0.4) is 0 Å². The van der Waals surface area contributed by atoms with Crippen molar-refractivity contribution in [2.75, 3.05) is 32.4 Å². The topological polar surface area (TPSA) is 49.6 Å². The molecule has 1 aromatic rings. The van der Waals surface area contributed by atoms with E-state index in [2.05, 4.69) is 18.9 Å². The van der Waals surface area contributed by atoms with Gasteiger partial charge in [0.15, 0.2) is 0 Å². The lowest BCUT2D eigenvalue weighted by Gasteiger charge is -2.39. The highest BCUT2D eigenvalue weighted by atomic mass is 19.1. The molecule has 0 spiro atoms. The zero-order valence-corrected chi connectivity index (χ0v) is 11.4. The van der Waals surface area contributed by atoms with Crippen LogP contribution < -0.4 is 5.73 Å². The van der Waals surface area contributed by atoms with Crippen molar-refractivity contribution in [3.05, 3.63) is 29.6 Å². The molecule has 2 rings (SSSR count). The first-order chi connectivity index (χ1) is 9.02. The summed E-state index contributed by atoms with van der Waals surface area (Å²) >= 11 is 0. The number of nitrogen functional groups attached to an aromatic ring is 1. The average molecular weight is 265 g/mol. The zero-order chi connectivity index (χ0) is 14.0. The van der Waals surface area contributed by atoms with Crippen LogP contribution in [0.2, 0.25) is 0 Å². The summed E-state index contributed by atoms with van der Waals surface area (Å²) in [6, 6.07) is 4.61. The minimum atomic E-state index is -0.535. The largest absolute Gasteiger partial charge is 0.396 e. The van der Waals surface area contributed by atoms with Gasteiger partial charge in [-0.15, -0.1) is 0 Å². The molecule has 0 radical (unpaired) electrons. The molecule has 1 aliphatic rings. The summed E-state index contributed by atoms with van der Waals surface area (Å²) in [5.41, 5.74) is 5.86. The average Bonchev–Trinajstić information content (AvgIpc) is 2.41. The summed E-state index contributed by atoms with van der Waals surface area (Å²) in [5.74, 6) is -0.655. The van der Waals surface area contributed by atoms with Gasteiger partial charge < -0.3 is 10.6 Å². The predicted octanol–water partition coefficient (Wildman–Crippen LogP) is 1.57. The van der Waals surface area contributed by atoms with Gasteiger partial charge in [-0.2, -0.15) is 0 Å². The van der Waals surface area contributed by atoms with Crippen LogP contribution in [0.1, 0.15) is 23.7 Å². The van der Waals surface area contributed by atoms with E-state index in [0.717, 1.165) is 13.0 Å². The van der Waals surface area contributed by atoms with Crippen molar-refractivity contribution in [1.29, 1.82) is 0 Å². The maximum atomic E-state index is 13.4. The Morgan fingerprint density at radius 1 is 1.47 bits per heavy atom. The summed E-state index contributed by atoms with van der Waals surface area (Å²) in [4.78, 5) is 16.4. The number of carbonyl (C=O) groups is 1. The molecule has 1 fully saturated rings. The lowest BCUT2D eigenvalue weighted by Crippen LogP contribution is -2.52. The van der Waals surface area contributed by atoms with Gasteiger partial charge in [0.1, 0.15) is 5.82 Å². The molecule has 0 bridgehead atoms. The van der Waals surface area contributed by atoms with Crippen molar-refractivity contribution >= 4 is 11.6 Å². The number of nitrogens with two attached hydrogens (primary N) is 1. The molecule has 1 atom stereocenters. The number of likely N-dealkylation sites (N-methyl/N-ethyl adjacent to an activating group) is 1. The first-order valence-electron chi connectivity index (χ1n) is 6.57. The molecule has 19 heavy (non-hydrogen) atoms. The van der Waals surface area contributed by atoms with Gasteiger partial charge in [-0.25, -0.2) is 4.39 Å². The Balaban J connectivity index is 2.13. The maximum absolute atomic E-state index is 13.4. The second-order valence-electron chi connectivity index (χ2n) is 5.03. The van der Waals surface area contributed by atoms with Crippen LogP contribution in [-0.2, 0) is 0 Å². The minimum Gasteiger partial charge on any atom is -0.396 e. The number of nitrogens with zero attached hydrogens (tertiary/aromatic N) is 2. The van der Waals surface area contributed by atoms with E-state index in [4.69, 9.17) is 5.73 Å². The van der Waals surface area contributed by atoms with Crippen molar-refractivity contribution in [2.24, 2.45) is 0 Å². The van der Waals surface area contributed by atoms with E-state index < -0.39 is 5.82 Å². The Morgan fingerprint density at radius 3 is 2.84 bits per heavy atom. The van der Waals surface area contributed by atoms with Crippen LogP contribution >= 0.6 is 0 Å². The summed E-state index contributed by atoms with van der Waals surface area (Å²) in [7, 11) is 2.07. The van der Waals surface area contributed by atoms with Crippen molar-refractivity contribution in [2.45, 2.75) is 19.4 Å². The van der Waals surface area contributed by atoms with Crippen LogP contribution in [0, 0.1) is 5.82 Å². The van der Waals surface area contributed by atoms with Gasteiger partial charge in [-0.3, -0.25) is 9.69 Å². The predicted molar refractivity (Wildman–Crippen MR) is 73.4 cm³/mol. The number of hydrogen-bond donors (Lipinski definition) is 1. The quantitative estimate of drug-likeness (QED) is 0.826. The van der Waals surface area contributed by atoms with Crippen LogP contribution in [0.4, 0.5) is 10.1 Å². The Bertz CT molecular complexity index is 478. The van der Waals surface area contributed by atoms with Crippen molar-refractivity contribution in [3.63, 3.8) is 0 Å². The standard InChI is InChI=1S/C14H20FN3O/c1-3-11-9-18(7-6-17(11)2)14(19)10-4-5-13(16)12(15)8-10/h4-5,8,11H,3,6-7,9,16H2,1-2H3. The lowest BCUT2D eigenvalue weighted by atomic mass is 10.1. The van der Waals surface area contributed by atoms with E-state index >= 15 is 0 Å². The van der Waals surface area contributed by atoms with Gasteiger partial charge in [-0.1, -0.05) is 6.92 Å². The normalized spacial score (nSPS) is 20.6. The number of halogens is 1. The van der Waals surface area contributed by atoms with Gasteiger partial charge in [0, 0.05) is 31.2 Å². The number of carbonyl (C=O) groups excluding carboxylic acids is 1. The van der Waals surface area contributed by atoms with Crippen LogP contribution in [0.5, 0.6) is 0 Å². The fourth-order valence-corrected chi connectivity index (χ4v) is 2.41. The van der Waals surface area contributed by atoms with Crippen LogP contribution in [0.15, 0.2) is 18.2 Å². The highest BCUT2D eigenvalue weighted by Gasteiger charge is 2.26. The summed E-state index contributed by atoms with van der Waals surface area (Å²) in [5, 5.41) is 0. The number of benzene rings is 1. The molecule has 1 saturated heterocycles. The molecule has 5 heteroatoms. The van der Waals surface area contributed by atoms with Gasteiger partial charge in [0.25, 0.3) is 5.91 Å². The third-order valence-corrected chi connectivity index (χ3v) is 3.78. The number of piperazine rings is 1. The summed E-state index contributed by atoms with van der Waals surface area (Å²) in [6.07, 6.45) is 0.996. The fraction of sp³-hybridized carbons (Fsp3) is 0.500. The molecule has 0 aliphatic carbocycles. The molecule has 1 amide bonds. The van der Waals surface area contributed by atoms with Crippen molar-refractivity contribution in [1.82, 2.24) is 9.80 Å². The van der Waals surface area contributed by atoms with Crippen LogP contribution in [-0.4, -0.2) is 48.4 Å². The highest BCUT2D eigenvalue weighted by molar-refractivity contribution is 5.94. The first kappa shape index (κ1) is 13.8. The summed E-state index contributed by atoms with van der Waals surface area (Å²) in [6.45, 7) is 4.33. The molecule has 1 aliphatic heterocycles. The molecule has 1 unspecified atom stereocenters. The number of amides is 1. The molecular formula is C14H20FN3O. The van der Waals surface area contributed by atoms with Crippen molar-refractivity contribution in [3.8, 4) is 0 Å². The number of hydrogen-bond acceptors (Lipinski definition) is 3. The second-order valence-corrected chi connectivity index (χ2v) is 5.03. The van der Waals surface area contributed by atoms with Gasteiger partial charge >= 0.3 is 0 Å². The van der Waals surface area contributed by atoms with Crippen LogP contribution in [0.25, 0.3) is 0 Å². The Hall–Kier alpha value is -1.62. The van der Waals surface area contributed by atoms with Gasteiger partial charge in [-0.05, 0) is 31.7 Å². The molecule has 1 aromatic carbocycles. The zero-order valence-electron chi connectivity index (χ0n) is 11.4. The van der Waals surface area contributed by atoms with E-state index in [-0.39, 0.29) is 11.6 Å². The minimum absolute atomic E-state index is 0.0707. The van der Waals surface area contributed by atoms with E-state index in [1.165, 1.54) is 12.1 Å². The van der Waals surface area contributed by atoms with Crippen molar-refractivity contribution < 1.29 is 9.18 Å². The smallest absolute Gasteiger partial charge is 0.254 e. The lowest BCUT2D eigenvalue weighted by molar-refractivity contribution is 0.0541. The summed E-state index contributed by atoms with van der Waals surface area (Å²) < 4.78 is 13.4. The number of anilines is 1. The first-order valence-corrected chi connectivity index (χ1v) is 6.57. The second kappa shape index (κ2) is 5.57. The molecule has 2 N–H and O–H groups in total. The Labute approximate surface area is 113 Å². The Morgan fingerprint density at radius 2 is 2.21 bits per heavy atom. The van der Waals surface area contributed by atoms with E-state index in [1.54, 1.807) is 11.0 Å². The van der Waals surface area contributed by atoms with Gasteiger partial charge in [0.05, 0.1) is 5.69 Å². The number of rotatable bonds is 2. The molecular weight excluding hydrogens is 245 g/mol. The maximum Gasteiger partial charge on any atom is 0.254 e. The molecule has 0 saturated carbocycles. The third kappa shape index (κ3) is 2.87. The molecule has 0 aromatic heterocycles. The monoisotopic (exact) mass is 265 g/mol.